The first-order chi connectivity index (χ1) is 10.8. The minimum atomic E-state index is -0.185. The van der Waals surface area contributed by atoms with Crippen molar-refractivity contribution in [2.24, 2.45) is 0 Å². The van der Waals surface area contributed by atoms with E-state index in [1.165, 1.54) is 11.1 Å². The summed E-state index contributed by atoms with van der Waals surface area (Å²) in [6.45, 7) is 5.84. The highest BCUT2D eigenvalue weighted by atomic mass is 16.5. The monoisotopic (exact) mass is 303 g/mol. The summed E-state index contributed by atoms with van der Waals surface area (Å²) in [5.74, 6) is 0.0590. The second-order valence-corrected chi connectivity index (χ2v) is 6.02. The first-order valence-corrected chi connectivity index (χ1v) is 8.21. The van der Waals surface area contributed by atoms with Gasteiger partial charge in [0.2, 0.25) is 5.91 Å². The fourth-order valence-electron chi connectivity index (χ4n) is 3.12. The Balaban J connectivity index is 1.35. The Bertz CT molecular complexity index is 500. The van der Waals surface area contributed by atoms with Crippen LogP contribution >= 0.6 is 0 Å². The third-order valence-electron chi connectivity index (χ3n) is 4.40. The lowest BCUT2D eigenvalue weighted by molar-refractivity contribution is -0.125. The molecule has 1 fully saturated rings. The molecule has 1 aromatic carbocycles. The van der Waals surface area contributed by atoms with Gasteiger partial charge in [0.25, 0.3) is 0 Å². The molecule has 0 aliphatic carbocycles. The molecule has 0 aromatic heterocycles. The zero-order chi connectivity index (χ0) is 15.2. The average molecular weight is 303 g/mol. The fraction of sp³-hybridized carbons (Fsp3) is 0.588. The lowest BCUT2D eigenvalue weighted by Gasteiger charge is -2.28. The molecular weight excluding hydrogens is 278 g/mol. The van der Waals surface area contributed by atoms with Crippen LogP contribution in [0.15, 0.2) is 24.3 Å². The molecule has 1 aromatic rings. The minimum absolute atomic E-state index is 0.0590. The molecule has 5 heteroatoms. The van der Waals surface area contributed by atoms with Gasteiger partial charge in [-0.25, -0.2) is 0 Å². The molecule has 2 heterocycles. The molecule has 2 N–H and O–H groups in total. The molecule has 120 valence electrons. The van der Waals surface area contributed by atoms with E-state index in [2.05, 4.69) is 39.8 Å². The molecule has 2 aliphatic heterocycles. The maximum Gasteiger partial charge on any atom is 0.239 e. The third kappa shape index (κ3) is 4.06. The number of morpholine rings is 1. The fourth-order valence-corrected chi connectivity index (χ4v) is 3.12. The Morgan fingerprint density at radius 3 is 3.05 bits per heavy atom. The molecule has 1 atom stereocenters. The molecular formula is C17H25N3O2. The molecule has 0 spiro atoms. The zero-order valence-electron chi connectivity index (χ0n) is 13.0. The number of ether oxygens (including phenoxy) is 1. The van der Waals surface area contributed by atoms with Crippen molar-refractivity contribution in [2.45, 2.75) is 25.4 Å². The topological polar surface area (TPSA) is 53.6 Å². The van der Waals surface area contributed by atoms with Crippen molar-refractivity contribution in [3.8, 4) is 0 Å². The summed E-state index contributed by atoms with van der Waals surface area (Å²) in [4.78, 5) is 14.4. The average Bonchev–Trinajstić information content (AvgIpc) is 2.59. The summed E-state index contributed by atoms with van der Waals surface area (Å²) >= 11 is 0. The molecule has 3 rings (SSSR count). The number of carbonyl (C=O) groups is 1. The van der Waals surface area contributed by atoms with Gasteiger partial charge in [0, 0.05) is 32.7 Å². The summed E-state index contributed by atoms with van der Waals surface area (Å²) in [5.41, 5.74) is 2.93. The highest BCUT2D eigenvalue weighted by Gasteiger charge is 2.20. The number of hydrogen-bond donors (Lipinski definition) is 2. The summed E-state index contributed by atoms with van der Waals surface area (Å²) < 4.78 is 5.31. The van der Waals surface area contributed by atoms with Gasteiger partial charge in [-0.15, -0.1) is 0 Å². The van der Waals surface area contributed by atoms with Crippen LogP contribution < -0.4 is 10.6 Å². The van der Waals surface area contributed by atoms with Crippen molar-refractivity contribution < 1.29 is 9.53 Å². The molecule has 5 nitrogen and oxygen atoms in total. The predicted octanol–water partition coefficient (Wildman–Crippen LogP) is 0.539. The van der Waals surface area contributed by atoms with Crippen LogP contribution in [0.5, 0.6) is 0 Å². The Hall–Kier alpha value is -1.43. The first kappa shape index (κ1) is 15.5. The van der Waals surface area contributed by atoms with E-state index in [9.17, 15) is 4.79 Å². The van der Waals surface area contributed by atoms with Crippen LogP contribution in [-0.2, 0) is 22.5 Å². The second-order valence-electron chi connectivity index (χ2n) is 6.02. The van der Waals surface area contributed by atoms with Crippen LogP contribution in [0.4, 0.5) is 0 Å². The normalized spacial score (nSPS) is 22.1. The van der Waals surface area contributed by atoms with Crippen molar-refractivity contribution in [1.29, 1.82) is 0 Å². The molecule has 0 saturated carbocycles. The molecule has 1 saturated heterocycles. The van der Waals surface area contributed by atoms with E-state index < -0.39 is 0 Å². The Morgan fingerprint density at radius 1 is 1.36 bits per heavy atom. The van der Waals surface area contributed by atoms with E-state index >= 15 is 0 Å². The van der Waals surface area contributed by atoms with Crippen LogP contribution in [0.25, 0.3) is 0 Å². The van der Waals surface area contributed by atoms with Gasteiger partial charge >= 0.3 is 0 Å². The molecule has 1 amide bonds. The van der Waals surface area contributed by atoms with Gasteiger partial charge in [-0.05, 0) is 24.0 Å². The van der Waals surface area contributed by atoms with E-state index in [0.29, 0.717) is 13.2 Å². The molecule has 1 unspecified atom stereocenters. The van der Waals surface area contributed by atoms with Gasteiger partial charge in [0.15, 0.2) is 0 Å². The summed E-state index contributed by atoms with van der Waals surface area (Å²) in [6, 6.07) is 8.49. The first-order valence-electron chi connectivity index (χ1n) is 8.21. The largest absolute Gasteiger partial charge is 0.378 e. The highest BCUT2D eigenvalue weighted by molar-refractivity contribution is 5.81. The number of carbonyl (C=O) groups excluding carboxylic acids is 1. The van der Waals surface area contributed by atoms with E-state index in [4.69, 9.17) is 4.74 Å². The van der Waals surface area contributed by atoms with Gasteiger partial charge in [0.05, 0.1) is 13.2 Å². The molecule has 0 bridgehead atoms. The Labute approximate surface area is 132 Å². The van der Waals surface area contributed by atoms with Gasteiger partial charge in [-0.3, -0.25) is 9.69 Å². The molecule has 2 aliphatic rings. The third-order valence-corrected chi connectivity index (χ3v) is 4.40. The maximum atomic E-state index is 11.9. The van der Waals surface area contributed by atoms with E-state index in [1.807, 2.05) is 0 Å². The number of fused-ring (bicyclic) bond motifs is 1. The van der Waals surface area contributed by atoms with Crippen LogP contribution in [-0.4, -0.2) is 56.2 Å². The van der Waals surface area contributed by atoms with Crippen molar-refractivity contribution in [2.75, 3.05) is 39.4 Å². The minimum Gasteiger partial charge on any atom is -0.378 e. The maximum absolute atomic E-state index is 11.9. The van der Waals surface area contributed by atoms with Crippen molar-refractivity contribution >= 4 is 5.91 Å². The van der Waals surface area contributed by atoms with Gasteiger partial charge < -0.3 is 15.4 Å². The predicted molar refractivity (Wildman–Crippen MR) is 85.7 cm³/mol. The lowest BCUT2D eigenvalue weighted by Crippen LogP contribution is -2.51. The standard InChI is InChI=1S/C17H25N3O2/c21-17(16-13-22-11-8-18-16)19-7-3-9-20-10-6-14-4-1-2-5-15(14)12-20/h1-2,4-5,16,18H,3,6-13H2,(H,19,21). The van der Waals surface area contributed by atoms with Crippen LogP contribution in [0.2, 0.25) is 0 Å². The van der Waals surface area contributed by atoms with E-state index in [-0.39, 0.29) is 11.9 Å². The van der Waals surface area contributed by atoms with E-state index in [1.54, 1.807) is 0 Å². The van der Waals surface area contributed by atoms with Gasteiger partial charge in [-0.2, -0.15) is 0 Å². The number of nitrogens with one attached hydrogen (secondary N) is 2. The Morgan fingerprint density at radius 2 is 2.23 bits per heavy atom. The number of nitrogens with zero attached hydrogens (tertiary/aromatic N) is 1. The SMILES string of the molecule is O=C(NCCCN1CCc2ccccc2C1)C1COCCN1. The van der Waals surface area contributed by atoms with Gasteiger partial charge in [-0.1, -0.05) is 24.3 Å². The second kappa shape index (κ2) is 7.72. The van der Waals surface area contributed by atoms with Crippen LogP contribution in [0.3, 0.4) is 0 Å². The summed E-state index contributed by atoms with van der Waals surface area (Å²) in [6.07, 6.45) is 2.12. The van der Waals surface area contributed by atoms with Crippen LogP contribution in [0, 0.1) is 0 Å². The Kier molecular flexibility index (Phi) is 5.43. The number of hydrogen-bond acceptors (Lipinski definition) is 4. The quantitative estimate of drug-likeness (QED) is 0.780. The smallest absolute Gasteiger partial charge is 0.239 e. The van der Waals surface area contributed by atoms with Crippen molar-refractivity contribution in [3.63, 3.8) is 0 Å². The van der Waals surface area contributed by atoms with Crippen LogP contribution in [0.1, 0.15) is 17.5 Å². The van der Waals surface area contributed by atoms with Crippen molar-refractivity contribution in [3.05, 3.63) is 35.4 Å². The highest BCUT2D eigenvalue weighted by Crippen LogP contribution is 2.18. The summed E-state index contributed by atoms with van der Waals surface area (Å²) in [5, 5.41) is 6.18. The van der Waals surface area contributed by atoms with Gasteiger partial charge in [0.1, 0.15) is 6.04 Å². The van der Waals surface area contributed by atoms with Crippen molar-refractivity contribution in [1.82, 2.24) is 15.5 Å². The molecule has 22 heavy (non-hydrogen) atoms. The number of rotatable bonds is 5. The van der Waals surface area contributed by atoms with E-state index in [0.717, 1.165) is 45.6 Å². The zero-order valence-corrected chi connectivity index (χ0v) is 13.0. The summed E-state index contributed by atoms with van der Waals surface area (Å²) in [7, 11) is 0. The number of benzene rings is 1. The molecule has 0 radical (unpaired) electrons. The lowest BCUT2D eigenvalue weighted by atomic mass is 10.00. The number of amides is 1.